The molecule has 0 aliphatic heterocycles. The summed E-state index contributed by atoms with van der Waals surface area (Å²) < 4.78 is 28.7. The highest BCUT2D eigenvalue weighted by Gasteiger charge is 2.33. The summed E-state index contributed by atoms with van der Waals surface area (Å²) in [4.78, 5) is 28.6. The molecule has 1 N–H and O–H groups in total. The first-order valence-electron chi connectivity index (χ1n) is 12.6. The van der Waals surface area contributed by atoms with Crippen molar-refractivity contribution >= 4 is 50.7 Å². The summed E-state index contributed by atoms with van der Waals surface area (Å²) in [5.74, 6) is -0.837. The van der Waals surface area contributed by atoms with Crippen LogP contribution in [0.3, 0.4) is 0 Å². The summed E-state index contributed by atoms with van der Waals surface area (Å²) in [6.45, 7) is 6.93. The molecule has 3 aromatic rings. The molecule has 2 amide bonds. The van der Waals surface area contributed by atoms with E-state index >= 15 is 0 Å². The Labute approximate surface area is 240 Å². The van der Waals surface area contributed by atoms with Gasteiger partial charge >= 0.3 is 0 Å². The molecule has 0 spiro atoms. The Balaban J connectivity index is 2.05. The van der Waals surface area contributed by atoms with E-state index in [0.717, 1.165) is 15.4 Å². The number of sulfonamides is 1. The molecule has 0 heterocycles. The SMILES string of the molecule is CC[C@@H](C(=O)NC(C)C)N(Cc1ccc(Cl)cc1)C(=O)CN(c1ccc(Cl)cc1)S(=O)(=O)c1ccc(C)cc1. The summed E-state index contributed by atoms with van der Waals surface area (Å²) in [6.07, 6.45) is 0.337. The summed E-state index contributed by atoms with van der Waals surface area (Å²) in [5, 5.41) is 3.85. The number of nitrogens with zero attached hydrogens (tertiary/aromatic N) is 2. The van der Waals surface area contributed by atoms with Crippen molar-refractivity contribution in [1.82, 2.24) is 10.2 Å². The zero-order valence-electron chi connectivity index (χ0n) is 22.4. The fourth-order valence-corrected chi connectivity index (χ4v) is 5.73. The second kappa shape index (κ2) is 13.3. The Bertz CT molecular complexity index is 1380. The molecule has 0 aliphatic rings. The fourth-order valence-electron chi connectivity index (χ4n) is 4.06. The predicted octanol–water partition coefficient (Wildman–Crippen LogP) is 5.83. The van der Waals surface area contributed by atoms with Gasteiger partial charge in [-0.05, 0) is 81.3 Å². The smallest absolute Gasteiger partial charge is 0.264 e. The quantitative estimate of drug-likeness (QED) is 0.305. The molecule has 1 atom stereocenters. The van der Waals surface area contributed by atoms with Crippen molar-refractivity contribution in [1.29, 1.82) is 0 Å². The van der Waals surface area contributed by atoms with Crippen molar-refractivity contribution < 1.29 is 18.0 Å². The number of carbonyl (C=O) groups is 2. The van der Waals surface area contributed by atoms with Gasteiger partial charge in [-0.2, -0.15) is 0 Å². The lowest BCUT2D eigenvalue weighted by Gasteiger charge is -2.33. The molecular weight excluding hydrogens is 557 g/mol. The molecule has 0 unspecified atom stereocenters. The van der Waals surface area contributed by atoms with E-state index < -0.39 is 28.5 Å². The molecule has 3 rings (SSSR count). The van der Waals surface area contributed by atoms with E-state index in [-0.39, 0.29) is 29.1 Å². The van der Waals surface area contributed by atoms with Crippen LogP contribution in [-0.4, -0.2) is 43.8 Å². The van der Waals surface area contributed by atoms with Gasteiger partial charge in [0, 0.05) is 22.6 Å². The van der Waals surface area contributed by atoms with Crippen LogP contribution in [0.5, 0.6) is 0 Å². The van der Waals surface area contributed by atoms with Crippen molar-refractivity contribution in [2.45, 2.75) is 57.6 Å². The number of aryl methyl sites for hydroxylation is 1. The van der Waals surface area contributed by atoms with Gasteiger partial charge in [0.25, 0.3) is 10.0 Å². The highest BCUT2D eigenvalue weighted by molar-refractivity contribution is 7.92. The maximum atomic E-state index is 14.0. The van der Waals surface area contributed by atoms with Gasteiger partial charge in [-0.25, -0.2) is 8.42 Å². The van der Waals surface area contributed by atoms with E-state index in [1.54, 1.807) is 60.7 Å². The molecule has 0 radical (unpaired) electrons. The first kappa shape index (κ1) is 30.5. The zero-order chi connectivity index (χ0) is 28.7. The van der Waals surface area contributed by atoms with Crippen molar-refractivity contribution in [2.75, 3.05) is 10.8 Å². The number of benzene rings is 3. The molecule has 7 nitrogen and oxygen atoms in total. The fraction of sp³-hybridized carbons (Fsp3) is 0.310. The largest absolute Gasteiger partial charge is 0.352 e. The average molecular weight is 591 g/mol. The van der Waals surface area contributed by atoms with E-state index in [0.29, 0.717) is 16.5 Å². The normalized spacial score (nSPS) is 12.2. The molecule has 0 bridgehead atoms. The van der Waals surface area contributed by atoms with Crippen LogP contribution < -0.4 is 9.62 Å². The second-order valence-corrected chi connectivity index (χ2v) is 12.3. The Kier molecular flexibility index (Phi) is 10.4. The summed E-state index contributed by atoms with van der Waals surface area (Å²) in [5.41, 5.74) is 1.93. The van der Waals surface area contributed by atoms with Gasteiger partial charge in [0.15, 0.2) is 0 Å². The molecule has 39 heavy (non-hydrogen) atoms. The van der Waals surface area contributed by atoms with Crippen LogP contribution in [0.25, 0.3) is 0 Å². The minimum absolute atomic E-state index is 0.0460. The van der Waals surface area contributed by atoms with Crippen LogP contribution in [0.15, 0.2) is 77.7 Å². The monoisotopic (exact) mass is 589 g/mol. The van der Waals surface area contributed by atoms with E-state index in [4.69, 9.17) is 23.2 Å². The van der Waals surface area contributed by atoms with E-state index in [9.17, 15) is 18.0 Å². The second-order valence-electron chi connectivity index (χ2n) is 9.54. The number of rotatable bonds is 11. The Morgan fingerprint density at radius 1 is 0.872 bits per heavy atom. The van der Waals surface area contributed by atoms with Crippen LogP contribution in [0.2, 0.25) is 10.0 Å². The first-order chi connectivity index (χ1) is 18.4. The minimum Gasteiger partial charge on any atom is -0.352 e. The summed E-state index contributed by atoms with van der Waals surface area (Å²) in [6, 6.07) is 18.7. The van der Waals surface area contributed by atoms with Crippen LogP contribution in [0.1, 0.15) is 38.3 Å². The van der Waals surface area contributed by atoms with Gasteiger partial charge in [0.2, 0.25) is 11.8 Å². The Morgan fingerprint density at radius 2 is 1.41 bits per heavy atom. The molecule has 0 saturated heterocycles. The minimum atomic E-state index is -4.14. The highest BCUT2D eigenvalue weighted by Crippen LogP contribution is 2.26. The van der Waals surface area contributed by atoms with Gasteiger partial charge in [-0.15, -0.1) is 0 Å². The van der Waals surface area contributed by atoms with Crippen LogP contribution in [-0.2, 0) is 26.2 Å². The van der Waals surface area contributed by atoms with E-state index in [1.807, 2.05) is 27.7 Å². The number of hydrogen-bond acceptors (Lipinski definition) is 4. The third kappa shape index (κ3) is 7.97. The van der Waals surface area contributed by atoms with E-state index in [1.165, 1.54) is 17.0 Å². The van der Waals surface area contributed by atoms with Crippen molar-refractivity contribution in [3.63, 3.8) is 0 Å². The molecular formula is C29H33Cl2N3O4S. The molecule has 10 heteroatoms. The van der Waals surface area contributed by atoms with E-state index in [2.05, 4.69) is 5.32 Å². The Morgan fingerprint density at radius 3 is 1.92 bits per heavy atom. The topological polar surface area (TPSA) is 86.8 Å². The van der Waals surface area contributed by atoms with Gasteiger partial charge in [0.05, 0.1) is 10.6 Å². The molecule has 0 fully saturated rings. The maximum absolute atomic E-state index is 14.0. The van der Waals surface area contributed by atoms with Crippen molar-refractivity contribution in [3.8, 4) is 0 Å². The maximum Gasteiger partial charge on any atom is 0.264 e. The molecule has 0 aromatic heterocycles. The average Bonchev–Trinajstić information content (AvgIpc) is 2.88. The Hall–Kier alpha value is -3.07. The zero-order valence-corrected chi connectivity index (χ0v) is 24.7. The third-order valence-corrected chi connectivity index (χ3v) is 8.38. The predicted molar refractivity (Wildman–Crippen MR) is 157 cm³/mol. The third-order valence-electron chi connectivity index (χ3n) is 6.09. The van der Waals surface area contributed by atoms with Crippen molar-refractivity contribution in [3.05, 3.63) is 94.0 Å². The van der Waals surface area contributed by atoms with Crippen molar-refractivity contribution in [2.24, 2.45) is 0 Å². The molecule has 3 aromatic carbocycles. The highest BCUT2D eigenvalue weighted by atomic mass is 35.5. The lowest BCUT2D eigenvalue weighted by molar-refractivity contribution is -0.140. The summed E-state index contributed by atoms with van der Waals surface area (Å²) >= 11 is 12.1. The van der Waals surface area contributed by atoms with Gasteiger partial charge < -0.3 is 10.2 Å². The number of nitrogens with one attached hydrogen (secondary N) is 1. The number of halogens is 2. The summed E-state index contributed by atoms with van der Waals surface area (Å²) in [7, 11) is -4.14. The number of anilines is 1. The molecule has 0 saturated carbocycles. The number of amides is 2. The standard InChI is InChI=1S/C29H33Cl2N3O4S/c1-5-27(29(36)32-20(2)3)33(18-22-8-10-23(30)11-9-22)28(35)19-34(25-14-12-24(31)13-15-25)39(37,38)26-16-6-21(4)7-17-26/h6-17,20,27H,5,18-19H2,1-4H3,(H,32,36)/t27-/m0/s1. The van der Waals surface area contributed by atoms with Gasteiger partial charge in [-0.1, -0.05) is 60.0 Å². The van der Waals surface area contributed by atoms with Crippen LogP contribution in [0, 0.1) is 6.92 Å². The van der Waals surface area contributed by atoms with Gasteiger partial charge in [-0.3, -0.25) is 13.9 Å². The lowest BCUT2D eigenvalue weighted by atomic mass is 10.1. The molecule has 208 valence electrons. The van der Waals surface area contributed by atoms with Crippen LogP contribution in [0.4, 0.5) is 5.69 Å². The van der Waals surface area contributed by atoms with Gasteiger partial charge in [0.1, 0.15) is 12.6 Å². The molecule has 0 aliphatic carbocycles. The number of carbonyl (C=O) groups excluding carboxylic acids is 2. The van der Waals surface area contributed by atoms with Crippen LogP contribution >= 0.6 is 23.2 Å². The first-order valence-corrected chi connectivity index (χ1v) is 14.8. The lowest BCUT2D eigenvalue weighted by Crippen LogP contribution is -2.53. The number of hydrogen-bond donors (Lipinski definition) is 1.